The number of nitrogens with one attached hydrogen (secondary N) is 1. The predicted octanol–water partition coefficient (Wildman–Crippen LogP) is 8.39. The number of alkyl carbamates (subject to hydrolysis) is 1. The van der Waals surface area contributed by atoms with Crippen molar-refractivity contribution in [2.45, 2.75) is 57.9 Å². The molecule has 0 unspecified atom stereocenters. The van der Waals surface area contributed by atoms with Crippen molar-refractivity contribution in [3.63, 3.8) is 0 Å². The number of rotatable bonds is 8. The second-order valence-electron chi connectivity index (χ2n) is 13.7. The van der Waals surface area contributed by atoms with Gasteiger partial charge < -0.3 is 29.2 Å². The number of halogens is 3. The number of nitrogens with zero attached hydrogens (tertiary/aromatic N) is 4. The van der Waals surface area contributed by atoms with E-state index >= 15 is 0 Å². The number of carbonyl (C=O) groups is 2. The molecule has 14 heteroatoms. The molecule has 11 nitrogen and oxygen atoms in total. The van der Waals surface area contributed by atoms with Gasteiger partial charge in [0.15, 0.2) is 11.5 Å². The molecule has 0 spiro atoms. The highest BCUT2D eigenvalue weighted by molar-refractivity contribution is 6.04. The minimum atomic E-state index is -4.66. The number of hydrogen-bond donors (Lipinski definition) is 1. The molecule has 0 saturated carbocycles. The lowest BCUT2D eigenvalue weighted by Gasteiger charge is -2.37. The molecule has 6 rings (SSSR count). The van der Waals surface area contributed by atoms with Gasteiger partial charge in [0.25, 0.3) is 0 Å². The van der Waals surface area contributed by atoms with Crippen LogP contribution in [0.25, 0.3) is 10.9 Å². The monoisotopic (exact) mass is 721 g/mol. The molecule has 3 aromatic carbocycles. The molecule has 3 amide bonds. The van der Waals surface area contributed by atoms with Crippen LogP contribution in [-0.4, -0.2) is 69.1 Å². The first-order valence-corrected chi connectivity index (χ1v) is 17.1. The fourth-order valence-corrected chi connectivity index (χ4v) is 6.52. The summed E-state index contributed by atoms with van der Waals surface area (Å²) < 4.78 is 66.1. The van der Waals surface area contributed by atoms with Crippen LogP contribution in [0.1, 0.15) is 45.6 Å². The minimum absolute atomic E-state index is 0.0397. The van der Waals surface area contributed by atoms with Crippen LogP contribution in [0, 0.1) is 0 Å². The summed E-state index contributed by atoms with van der Waals surface area (Å²) in [5, 5.41) is 3.51. The van der Waals surface area contributed by atoms with E-state index in [1.807, 2.05) is 0 Å². The molecule has 2 aliphatic rings. The first-order valence-electron chi connectivity index (χ1n) is 17.1. The highest BCUT2D eigenvalue weighted by atomic mass is 19.4. The van der Waals surface area contributed by atoms with Crippen molar-refractivity contribution in [3.8, 4) is 23.0 Å². The third-order valence-corrected chi connectivity index (χ3v) is 8.94. The predicted molar refractivity (Wildman–Crippen MR) is 192 cm³/mol. The Hall–Kier alpha value is -5.40. The van der Waals surface area contributed by atoms with Crippen molar-refractivity contribution in [2.24, 2.45) is 0 Å². The lowest BCUT2D eigenvalue weighted by atomic mass is 10.0. The zero-order valence-electron chi connectivity index (χ0n) is 29.8. The Morgan fingerprint density at radius 3 is 2.17 bits per heavy atom. The average molecular weight is 722 g/mol. The molecule has 0 aliphatic carbocycles. The Labute approximate surface area is 300 Å². The maximum Gasteiger partial charge on any atom is 0.418 e. The van der Waals surface area contributed by atoms with Crippen LogP contribution in [-0.2, 0) is 10.9 Å². The number of piperidine rings is 1. The van der Waals surface area contributed by atoms with E-state index in [2.05, 4.69) is 10.3 Å². The number of ether oxygens (including phenoxy) is 4. The summed E-state index contributed by atoms with van der Waals surface area (Å²) >= 11 is 0. The molecule has 1 aromatic heterocycles. The molecule has 1 N–H and O–H groups in total. The molecular formula is C38H42F3N5O6. The van der Waals surface area contributed by atoms with Gasteiger partial charge in [-0.25, -0.2) is 9.59 Å². The standard InChI is InChI=1S/C38H42F3N5O6/c1-37(2,3)52-35(47)43-24-13-18-44(19-14-24)31-11-10-26(21-29(31)38(39,40)41)46-17-7-16-45(36(46)48)25-8-6-9-27(20-25)51-32-12-15-42-30-23-34(50-5)33(49-4)22-28(30)32/h6,8-12,15,20-24H,7,13-14,16-19H2,1-5H3,(H,43,47). The largest absolute Gasteiger partial charge is 0.493 e. The van der Waals surface area contributed by atoms with E-state index in [-0.39, 0.29) is 24.0 Å². The summed E-state index contributed by atoms with van der Waals surface area (Å²) in [5.74, 6) is 2.01. The smallest absolute Gasteiger partial charge is 0.418 e. The van der Waals surface area contributed by atoms with Crippen LogP contribution in [0.3, 0.4) is 0 Å². The summed E-state index contributed by atoms with van der Waals surface area (Å²) in [6.07, 6.45) is -2.13. The quantitative estimate of drug-likeness (QED) is 0.194. The number of benzene rings is 3. The summed E-state index contributed by atoms with van der Waals surface area (Å²) in [5.41, 5.74) is -0.0915. The molecule has 0 radical (unpaired) electrons. The van der Waals surface area contributed by atoms with Gasteiger partial charge in [-0.1, -0.05) is 6.07 Å². The molecule has 2 aliphatic heterocycles. The minimum Gasteiger partial charge on any atom is -0.493 e. The van der Waals surface area contributed by atoms with E-state index < -0.39 is 29.5 Å². The number of urea groups is 1. The van der Waals surface area contributed by atoms with Gasteiger partial charge >= 0.3 is 18.3 Å². The SMILES string of the molecule is COc1cc2nccc(Oc3cccc(N4CCCN(c5ccc(N6CCC(NC(=O)OC(C)(C)C)CC6)c(C(F)(F)F)c5)C4=O)c3)c2cc1OC. The summed E-state index contributed by atoms with van der Waals surface area (Å²) in [4.78, 5) is 35.1. The van der Waals surface area contributed by atoms with Gasteiger partial charge in [-0.15, -0.1) is 0 Å². The number of carbonyl (C=O) groups excluding carboxylic acids is 2. The van der Waals surface area contributed by atoms with E-state index in [0.717, 1.165) is 6.07 Å². The number of hydrogen-bond acceptors (Lipinski definition) is 8. The third-order valence-electron chi connectivity index (χ3n) is 8.94. The molecule has 52 heavy (non-hydrogen) atoms. The van der Waals surface area contributed by atoms with E-state index in [0.29, 0.717) is 78.5 Å². The van der Waals surface area contributed by atoms with Crippen LogP contribution >= 0.6 is 0 Å². The zero-order chi connectivity index (χ0) is 37.2. The van der Waals surface area contributed by atoms with E-state index in [1.54, 1.807) is 99.5 Å². The van der Waals surface area contributed by atoms with Crippen molar-refractivity contribution in [1.82, 2.24) is 10.3 Å². The van der Waals surface area contributed by atoms with Gasteiger partial charge in [0, 0.05) is 73.0 Å². The molecule has 2 saturated heterocycles. The lowest BCUT2D eigenvalue weighted by Crippen LogP contribution is -2.50. The van der Waals surface area contributed by atoms with Crippen molar-refractivity contribution in [1.29, 1.82) is 0 Å². The topological polar surface area (TPSA) is 106 Å². The van der Waals surface area contributed by atoms with Gasteiger partial charge in [-0.2, -0.15) is 13.2 Å². The van der Waals surface area contributed by atoms with E-state index in [4.69, 9.17) is 18.9 Å². The number of alkyl halides is 3. The number of fused-ring (bicyclic) bond motifs is 1. The number of anilines is 3. The van der Waals surface area contributed by atoms with Gasteiger partial charge in [-0.3, -0.25) is 14.8 Å². The maximum atomic E-state index is 14.6. The highest BCUT2D eigenvalue weighted by Gasteiger charge is 2.38. The van der Waals surface area contributed by atoms with Crippen LogP contribution in [0.4, 0.5) is 39.8 Å². The molecule has 3 heterocycles. The summed E-state index contributed by atoms with van der Waals surface area (Å²) in [6.45, 7) is 6.57. The third kappa shape index (κ3) is 8.05. The normalized spacial score (nSPS) is 15.8. The highest BCUT2D eigenvalue weighted by Crippen LogP contribution is 2.41. The Balaban J connectivity index is 1.19. The van der Waals surface area contributed by atoms with E-state index in [1.165, 1.54) is 11.0 Å². The molecule has 4 aromatic rings. The molecular weight excluding hydrogens is 679 g/mol. The fraction of sp³-hybridized carbons (Fsp3) is 0.395. The molecule has 0 bridgehead atoms. The first kappa shape index (κ1) is 36.4. The second-order valence-corrected chi connectivity index (χ2v) is 13.7. The van der Waals surface area contributed by atoms with Gasteiger partial charge in [-0.05, 0) is 82.5 Å². The Morgan fingerprint density at radius 2 is 1.52 bits per heavy atom. The van der Waals surface area contributed by atoms with Gasteiger partial charge in [0.2, 0.25) is 0 Å². The van der Waals surface area contributed by atoms with Crippen molar-refractivity contribution in [2.75, 3.05) is 55.1 Å². The van der Waals surface area contributed by atoms with Crippen molar-refractivity contribution < 1.29 is 41.7 Å². The van der Waals surface area contributed by atoms with Crippen LogP contribution in [0.15, 0.2) is 66.9 Å². The zero-order valence-corrected chi connectivity index (χ0v) is 29.8. The number of pyridine rings is 1. The Morgan fingerprint density at radius 1 is 0.846 bits per heavy atom. The molecule has 2 fully saturated rings. The van der Waals surface area contributed by atoms with Gasteiger partial charge in [0.1, 0.15) is 17.1 Å². The lowest BCUT2D eigenvalue weighted by molar-refractivity contribution is -0.137. The summed E-state index contributed by atoms with van der Waals surface area (Å²) in [7, 11) is 3.09. The maximum absolute atomic E-state index is 14.6. The Kier molecular flexibility index (Phi) is 10.3. The van der Waals surface area contributed by atoms with Crippen LogP contribution in [0.2, 0.25) is 0 Å². The number of methoxy groups -OCH3 is 2. The van der Waals surface area contributed by atoms with Crippen LogP contribution in [0.5, 0.6) is 23.0 Å². The van der Waals surface area contributed by atoms with Gasteiger partial charge in [0.05, 0.1) is 25.3 Å². The molecule has 0 atom stereocenters. The second kappa shape index (κ2) is 14.7. The first-order chi connectivity index (χ1) is 24.7. The molecule has 276 valence electrons. The summed E-state index contributed by atoms with van der Waals surface area (Å²) in [6, 6.07) is 15.7. The fourth-order valence-electron chi connectivity index (χ4n) is 6.52. The van der Waals surface area contributed by atoms with E-state index in [9.17, 15) is 22.8 Å². The van der Waals surface area contributed by atoms with Crippen molar-refractivity contribution in [3.05, 3.63) is 72.4 Å². The number of amides is 3. The van der Waals surface area contributed by atoms with Crippen LogP contribution < -0.4 is 34.2 Å². The number of aromatic nitrogens is 1. The Bertz CT molecular complexity index is 1940. The van der Waals surface area contributed by atoms with Crippen molar-refractivity contribution >= 4 is 40.1 Å². The average Bonchev–Trinajstić information content (AvgIpc) is 3.10.